The fraction of sp³-hybridized carbons (Fsp3) is 0.214. The van der Waals surface area contributed by atoms with Crippen molar-refractivity contribution in [2.75, 3.05) is 7.05 Å². The Bertz CT molecular complexity index is 513. The molecule has 1 unspecified atom stereocenters. The number of benzene rings is 1. The number of nitrogens with one attached hydrogen (secondary N) is 1. The van der Waals surface area contributed by atoms with Crippen molar-refractivity contribution in [3.05, 3.63) is 51.9 Å². The molecule has 0 aliphatic carbocycles. The average Bonchev–Trinajstić information content (AvgIpc) is 2.39. The predicted molar refractivity (Wildman–Crippen MR) is 80.9 cm³/mol. The summed E-state index contributed by atoms with van der Waals surface area (Å²) in [5.41, 5.74) is 1.01. The smallest absolute Gasteiger partial charge is 0.145 e. The molecule has 94 valence electrons. The van der Waals surface area contributed by atoms with Crippen molar-refractivity contribution in [3.63, 3.8) is 0 Å². The lowest BCUT2D eigenvalue weighted by atomic mass is 10.2. The number of aromatic nitrogens is 1. The van der Waals surface area contributed by atoms with E-state index in [1.165, 1.54) is 0 Å². The third-order valence-corrected chi connectivity index (χ3v) is 3.34. The maximum absolute atomic E-state index is 5.74. The van der Waals surface area contributed by atoms with Crippen molar-refractivity contribution in [1.82, 2.24) is 10.3 Å². The normalized spacial score (nSPS) is 12.2. The summed E-state index contributed by atoms with van der Waals surface area (Å²) in [6.07, 6.45) is 1.75. The molecule has 0 amide bonds. The van der Waals surface area contributed by atoms with E-state index in [0.717, 1.165) is 20.8 Å². The molecule has 2 rings (SSSR count). The van der Waals surface area contributed by atoms with Gasteiger partial charge in [0.05, 0.1) is 11.9 Å². The zero-order chi connectivity index (χ0) is 13.0. The molecule has 0 radical (unpaired) electrons. The summed E-state index contributed by atoms with van der Waals surface area (Å²) in [6.45, 7) is 2.07. The molecule has 3 nitrogen and oxygen atoms in total. The van der Waals surface area contributed by atoms with Crippen molar-refractivity contribution in [2.24, 2.45) is 0 Å². The molecule has 1 aromatic heterocycles. The number of pyridine rings is 1. The molecule has 4 heteroatoms. The summed E-state index contributed by atoms with van der Waals surface area (Å²) in [4.78, 5) is 4.38. The molecular weight excluding hydrogens is 339 g/mol. The molecule has 0 saturated carbocycles. The molecule has 0 fully saturated rings. The Morgan fingerprint density at radius 1 is 1.22 bits per heavy atom. The Balaban J connectivity index is 2.11. The Morgan fingerprint density at radius 3 is 2.67 bits per heavy atom. The van der Waals surface area contributed by atoms with Crippen LogP contribution in [0.5, 0.6) is 11.5 Å². The van der Waals surface area contributed by atoms with E-state index >= 15 is 0 Å². The number of hydrogen-bond acceptors (Lipinski definition) is 3. The van der Waals surface area contributed by atoms with E-state index < -0.39 is 0 Å². The van der Waals surface area contributed by atoms with Crippen molar-refractivity contribution in [1.29, 1.82) is 0 Å². The van der Waals surface area contributed by atoms with Gasteiger partial charge in [-0.15, -0.1) is 0 Å². The molecular formula is C14H15IN2O. The lowest BCUT2D eigenvalue weighted by molar-refractivity contribution is 0.478. The minimum Gasteiger partial charge on any atom is -0.456 e. The Labute approximate surface area is 121 Å². The molecule has 0 bridgehead atoms. The summed E-state index contributed by atoms with van der Waals surface area (Å²) in [7, 11) is 1.92. The number of hydrogen-bond donors (Lipinski definition) is 1. The molecule has 0 aliphatic rings. The third-order valence-electron chi connectivity index (χ3n) is 2.67. The molecule has 0 spiro atoms. The van der Waals surface area contributed by atoms with Crippen molar-refractivity contribution in [3.8, 4) is 11.5 Å². The number of ether oxygens (including phenoxy) is 1. The quantitative estimate of drug-likeness (QED) is 0.849. The Kier molecular flexibility index (Phi) is 4.54. The van der Waals surface area contributed by atoms with E-state index in [2.05, 4.69) is 39.8 Å². The fourth-order valence-corrected chi connectivity index (χ4v) is 2.04. The second kappa shape index (κ2) is 6.15. The van der Waals surface area contributed by atoms with Crippen LogP contribution in [0.3, 0.4) is 0 Å². The van der Waals surface area contributed by atoms with Crippen LogP contribution in [0.25, 0.3) is 0 Å². The minimum absolute atomic E-state index is 0.247. The van der Waals surface area contributed by atoms with E-state index in [1.807, 2.05) is 43.4 Å². The van der Waals surface area contributed by atoms with Gasteiger partial charge in [0.15, 0.2) is 0 Å². The third kappa shape index (κ3) is 3.43. The van der Waals surface area contributed by atoms with Crippen LogP contribution in [0.15, 0.2) is 42.6 Å². The van der Waals surface area contributed by atoms with Crippen molar-refractivity contribution >= 4 is 22.6 Å². The highest BCUT2D eigenvalue weighted by Crippen LogP contribution is 2.23. The SMILES string of the molecule is CNC(C)c1ccc(Oc2cccc(I)c2)cn1. The molecule has 18 heavy (non-hydrogen) atoms. The second-order valence-corrected chi connectivity index (χ2v) is 5.23. The Morgan fingerprint density at radius 2 is 2.06 bits per heavy atom. The maximum atomic E-state index is 5.74. The van der Waals surface area contributed by atoms with E-state index in [1.54, 1.807) is 6.20 Å². The van der Waals surface area contributed by atoms with Gasteiger partial charge in [-0.05, 0) is 66.9 Å². The summed E-state index contributed by atoms with van der Waals surface area (Å²) in [5, 5.41) is 3.15. The molecule has 1 N–H and O–H groups in total. The van der Waals surface area contributed by atoms with Gasteiger partial charge in [-0.2, -0.15) is 0 Å². The maximum Gasteiger partial charge on any atom is 0.145 e. The molecule has 1 heterocycles. The summed E-state index contributed by atoms with van der Waals surface area (Å²) >= 11 is 2.26. The van der Waals surface area contributed by atoms with Gasteiger partial charge in [0.25, 0.3) is 0 Å². The van der Waals surface area contributed by atoms with Gasteiger partial charge in [-0.25, -0.2) is 0 Å². The van der Waals surface area contributed by atoms with Crippen LogP contribution in [-0.4, -0.2) is 12.0 Å². The van der Waals surface area contributed by atoms with Gasteiger partial charge in [-0.1, -0.05) is 6.07 Å². The monoisotopic (exact) mass is 354 g/mol. The zero-order valence-electron chi connectivity index (χ0n) is 10.4. The second-order valence-electron chi connectivity index (χ2n) is 3.99. The molecule has 2 aromatic rings. The number of halogens is 1. The first kappa shape index (κ1) is 13.3. The van der Waals surface area contributed by atoms with Crippen molar-refractivity contribution in [2.45, 2.75) is 13.0 Å². The van der Waals surface area contributed by atoms with Crippen LogP contribution < -0.4 is 10.1 Å². The summed E-state index contributed by atoms with van der Waals surface area (Å²) in [6, 6.07) is 12.1. The fourth-order valence-electron chi connectivity index (χ4n) is 1.52. The highest BCUT2D eigenvalue weighted by Gasteiger charge is 2.04. The van der Waals surface area contributed by atoms with Crippen LogP contribution >= 0.6 is 22.6 Å². The average molecular weight is 354 g/mol. The van der Waals surface area contributed by atoms with E-state index in [4.69, 9.17) is 4.74 Å². The molecule has 0 saturated heterocycles. The van der Waals surface area contributed by atoms with E-state index in [9.17, 15) is 0 Å². The first-order valence-corrected chi connectivity index (χ1v) is 6.83. The lowest BCUT2D eigenvalue weighted by Crippen LogP contribution is -2.13. The van der Waals surface area contributed by atoms with Crippen LogP contribution in [0.1, 0.15) is 18.7 Å². The number of nitrogens with zero attached hydrogens (tertiary/aromatic N) is 1. The van der Waals surface area contributed by atoms with Crippen LogP contribution in [-0.2, 0) is 0 Å². The topological polar surface area (TPSA) is 34.1 Å². The van der Waals surface area contributed by atoms with Crippen LogP contribution in [0.4, 0.5) is 0 Å². The first-order valence-electron chi connectivity index (χ1n) is 5.75. The van der Waals surface area contributed by atoms with Crippen LogP contribution in [0.2, 0.25) is 0 Å². The van der Waals surface area contributed by atoms with Gasteiger partial charge in [0.1, 0.15) is 11.5 Å². The summed E-state index contributed by atoms with van der Waals surface area (Å²) in [5.74, 6) is 1.59. The van der Waals surface area contributed by atoms with Gasteiger partial charge in [0, 0.05) is 9.61 Å². The van der Waals surface area contributed by atoms with Crippen LogP contribution in [0, 0.1) is 3.57 Å². The largest absolute Gasteiger partial charge is 0.456 e. The van der Waals surface area contributed by atoms with Gasteiger partial charge in [-0.3, -0.25) is 4.98 Å². The zero-order valence-corrected chi connectivity index (χ0v) is 12.5. The van der Waals surface area contributed by atoms with Gasteiger partial charge in [0.2, 0.25) is 0 Å². The van der Waals surface area contributed by atoms with E-state index in [0.29, 0.717) is 0 Å². The predicted octanol–water partition coefficient (Wildman–Crippen LogP) is 3.76. The highest BCUT2D eigenvalue weighted by atomic mass is 127. The van der Waals surface area contributed by atoms with Crippen molar-refractivity contribution < 1.29 is 4.74 Å². The lowest BCUT2D eigenvalue weighted by Gasteiger charge is -2.10. The standard InChI is InChI=1S/C14H15IN2O/c1-10(16-2)14-7-6-13(9-17-14)18-12-5-3-4-11(15)8-12/h3-10,16H,1-2H3. The summed E-state index contributed by atoms with van der Waals surface area (Å²) < 4.78 is 6.89. The Hall–Kier alpha value is -1.14. The first-order chi connectivity index (χ1) is 8.69. The molecule has 1 aromatic carbocycles. The minimum atomic E-state index is 0.247. The van der Waals surface area contributed by atoms with Gasteiger partial charge < -0.3 is 10.1 Å². The number of rotatable bonds is 4. The highest BCUT2D eigenvalue weighted by molar-refractivity contribution is 14.1. The van der Waals surface area contributed by atoms with E-state index in [-0.39, 0.29) is 6.04 Å². The van der Waals surface area contributed by atoms with Gasteiger partial charge >= 0.3 is 0 Å². The molecule has 1 atom stereocenters. The molecule has 0 aliphatic heterocycles.